The van der Waals surface area contributed by atoms with Gasteiger partial charge in [-0.25, -0.2) is 4.79 Å². The molecular formula is C31H32N4O4. The van der Waals surface area contributed by atoms with E-state index in [1.54, 1.807) is 36.4 Å². The molecule has 200 valence electrons. The lowest BCUT2D eigenvalue weighted by Crippen LogP contribution is -2.31. The number of amides is 2. The van der Waals surface area contributed by atoms with Gasteiger partial charge >= 0.3 is 6.03 Å². The van der Waals surface area contributed by atoms with E-state index >= 15 is 0 Å². The summed E-state index contributed by atoms with van der Waals surface area (Å²) >= 11 is 0. The quantitative estimate of drug-likeness (QED) is 0.253. The van der Waals surface area contributed by atoms with Crippen molar-refractivity contribution in [1.82, 2.24) is 15.1 Å². The number of benzene rings is 3. The van der Waals surface area contributed by atoms with Crippen molar-refractivity contribution < 1.29 is 19.4 Å². The molecule has 1 saturated carbocycles. The standard InChI is InChI=1S/C31H32N4O4/c1-3-39-25-13-10-23(11-14-25)30(37)33-24-12-15-26(29(36)17-24)27-18-28(22-8-5-9-22)35(34-27)31(38)32-19-21-7-4-6-20(2)16-21/h4,6-7,10-18,22,36H,3,5,8-9,19H2,1-2H3,(H,32,38)(H,33,37). The lowest BCUT2D eigenvalue weighted by atomic mass is 9.82. The Balaban J connectivity index is 1.32. The fraction of sp³-hybridized carbons (Fsp3) is 0.258. The summed E-state index contributed by atoms with van der Waals surface area (Å²) in [6, 6.07) is 21.3. The summed E-state index contributed by atoms with van der Waals surface area (Å²) in [6.45, 7) is 4.86. The Kier molecular flexibility index (Phi) is 7.63. The highest BCUT2D eigenvalue weighted by atomic mass is 16.5. The number of carbonyl (C=O) groups is 2. The zero-order valence-corrected chi connectivity index (χ0v) is 22.1. The maximum absolute atomic E-state index is 13.1. The van der Waals surface area contributed by atoms with Crippen LogP contribution in [0.3, 0.4) is 0 Å². The molecule has 1 fully saturated rings. The number of hydrogen-bond acceptors (Lipinski definition) is 5. The number of anilines is 1. The summed E-state index contributed by atoms with van der Waals surface area (Å²) in [7, 11) is 0. The minimum absolute atomic E-state index is 0.0375. The average molecular weight is 525 g/mol. The van der Waals surface area contributed by atoms with E-state index in [0.717, 1.165) is 36.1 Å². The molecule has 8 nitrogen and oxygen atoms in total. The number of phenols is 1. The number of rotatable bonds is 8. The Morgan fingerprint density at radius 1 is 1.05 bits per heavy atom. The molecule has 4 aromatic rings. The zero-order chi connectivity index (χ0) is 27.4. The molecule has 0 aliphatic heterocycles. The minimum Gasteiger partial charge on any atom is -0.507 e. The van der Waals surface area contributed by atoms with Crippen LogP contribution in [0, 0.1) is 6.92 Å². The van der Waals surface area contributed by atoms with Gasteiger partial charge in [-0.2, -0.15) is 9.78 Å². The molecule has 5 rings (SSSR count). The third kappa shape index (κ3) is 5.95. The highest BCUT2D eigenvalue weighted by molar-refractivity contribution is 6.04. The molecule has 0 unspecified atom stereocenters. The van der Waals surface area contributed by atoms with Gasteiger partial charge in [-0.3, -0.25) is 4.79 Å². The van der Waals surface area contributed by atoms with Gasteiger partial charge in [0.15, 0.2) is 0 Å². The predicted octanol–water partition coefficient (Wildman–Crippen LogP) is 6.24. The number of carbonyl (C=O) groups excluding carboxylic acids is 2. The molecule has 3 aromatic carbocycles. The molecule has 39 heavy (non-hydrogen) atoms. The summed E-state index contributed by atoms with van der Waals surface area (Å²) in [5.41, 5.74) is 4.90. The molecule has 0 bridgehead atoms. The van der Waals surface area contributed by atoms with E-state index in [2.05, 4.69) is 15.7 Å². The average Bonchev–Trinajstić information content (AvgIpc) is 3.31. The molecule has 0 saturated heterocycles. The van der Waals surface area contributed by atoms with Gasteiger partial charge in [0, 0.05) is 35.3 Å². The van der Waals surface area contributed by atoms with Gasteiger partial charge in [0.2, 0.25) is 0 Å². The second-order valence-corrected chi connectivity index (χ2v) is 9.79. The van der Waals surface area contributed by atoms with Crippen molar-refractivity contribution >= 4 is 17.6 Å². The Morgan fingerprint density at radius 3 is 2.51 bits per heavy atom. The minimum atomic E-state index is -0.302. The van der Waals surface area contributed by atoms with E-state index in [4.69, 9.17) is 4.74 Å². The number of nitrogens with zero attached hydrogens (tertiary/aromatic N) is 2. The van der Waals surface area contributed by atoms with Crippen LogP contribution in [0.25, 0.3) is 11.3 Å². The molecule has 0 spiro atoms. The normalized spacial score (nSPS) is 13.0. The molecule has 1 aliphatic rings. The van der Waals surface area contributed by atoms with E-state index in [9.17, 15) is 14.7 Å². The Labute approximate surface area is 227 Å². The first-order valence-electron chi connectivity index (χ1n) is 13.2. The van der Waals surface area contributed by atoms with Crippen LogP contribution in [-0.4, -0.2) is 33.4 Å². The summed E-state index contributed by atoms with van der Waals surface area (Å²) in [4.78, 5) is 25.8. The SMILES string of the molecule is CCOc1ccc(C(=O)Nc2ccc(-c3cc(C4CCC4)n(C(=O)NCc4cccc(C)c4)n3)c(O)c2)cc1. The molecule has 2 amide bonds. The van der Waals surface area contributed by atoms with Crippen LogP contribution in [0.4, 0.5) is 10.5 Å². The summed E-state index contributed by atoms with van der Waals surface area (Å²) in [5.74, 6) is 0.614. The number of nitrogens with one attached hydrogen (secondary N) is 2. The van der Waals surface area contributed by atoms with E-state index in [1.165, 1.54) is 10.7 Å². The molecule has 1 heterocycles. The highest BCUT2D eigenvalue weighted by Gasteiger charge is 2.27. The fourth-order valence-corrected chi connectivity index (χ4v) is 4.66. The van der Waals surface area contributed by atoms with Crippen molar-refractivity contribution in [3.63, 3.8) is 0 Å². The van der Waals surface area contributed by atoms with E-state index in [1.807, 2.05) is 44.2 Å². The Morgan fingerprint density at radius 2 is 1.85 bits per heavy atom. The molecule has 3 N–H and O–H groups in total. The van der Waals surface area contributed by atoms with Crippen molar-refractivity contribution in [3.05, 3.63) is 95.2 Å². The first kappa shape index (κ1) is 26.0. The largest absolute Gasteiger partial charge is 0.507 e. The van der Waals surface area contributed by atoms with Crippen LogP contribution in [0.2, 0.25) is 0 Å². The van der Waals surface area contributed by atoms with Crippen LogP contribution < -0.4 is 15.4 Å². The number of aromatic hydroxyl groups is 1. The lowest BCUT2D eigenvalue weighted by molar-refractivity contribution is 0.102. The van der Waals surface area contributed by atoms with Gasteiger partial charge in [-0.1, -0.05) is 36.2 Å². The smallest absolute Gasteiger partial charge is 0.342 e. The van der Waals surface area contributed by atoms with Crippen LogP contribution in [-0.2, 0) is 6.54 Å². The van der Waals surface area contributed by atoms with Crippen LogP contribution in [0.5, 0.6) is 11.5 Å². The number of hydrogen-bond donors (Lipinski definition) is 3. The fourth-order valence-electron chi connectivity index (χ4n) is 4.66. The lowest BCUT2D eigenvalue weighted by Gasteiger charge is -2.25. The Bertz CT molecular complexity index is 1490. The van der Waals surface area contributed by atoms with Gasteiger partial charge in [-0.15, -0.1) is 0 Å². The summed E-state index contributed by atoms with van der Waals surface area (Å²) in [5, 5.41) is 21.2. The number of aromatic nitrogens is 2. The predicted molar refractivity (Wildman–Crippen MR) is 150 cm³/mol. The van der Waals surface area contributed by atoms with Gasteiger partial charge < -0.3 is 20.5 Å². The second kappa shape index (κ2) is 11.4. The van der Waals surface area contributed by atoms with Crippen LogP contribution in [0.1, 0.15) is 59.3 Å². The van der Waals surface area contributed by atoms with E-state index in [-0.39, 0.29) is 23.6 Å². The highest BCUT2D eigenvalue weighted by Crippen LogP contribution is 2.39. The first-order chi connectivity index (χ1) is 18.9. The molecule has 0 radical (unpaired) electrons. The van der Waals surface area contributed by atoms with Crippen molar-refractivity contribution in [2.45, 2.75) is 45.6 Å². The molecule has 0 atom stereocenters. The number of ether oxygens (including phenoxy) is 1. The van der Waals surface area contributed by atoms with Gasteiger partial charge in [0.25, 0.3) is 5.91 Å². The van der Waals surface area contributed by atoms with Crippen molar-refractivity contribution in [2.24, 2.45) is 0 Å². The first-order valence-corrected chi connectivity index (χ1v) is 13.2. The molecular weight excluding hydrogens is 492 g/mol. The molecule has 1 aliphatic carbocycles. The third-order valence-electron chi connectivity index (χ3n) is 6.94. The van der Waals surface area contributed by atoms with Crippen molar-refractivity contribution in [2.75, 3.05) is 11.9 Å². The second-order valence-electron chi connectivity index (χ2n) is 9.79. The molecule has 8 heteroatoms. The number of phenolic OH excluding ortho intramolecular Hbond substituents is 1. The van der Waals surface area contributed by atoms with Gasteiger partial charge in [0.1, 0.15) is 11.5 Å². The topological polar surface area (TPSA) is 105 Å². The maximum atomic E-state index is 13.1. The summed E-state index contributed by atoms with van der Waals surface area (Å²) < 4.78 is 6.85. The van der Waals surface area contributed by atoms with E-state index < -0.39 is 0 Å². The third-order valence-corrected chi connectivity index (χ3v) is 6.94. The number of aryl methyl sites for hydroxylation is 1. The van der Waals surface area contributed by atoms with Gasteiger partial charge in [0.05, 0.1) is 18.0 Å². The Hall–Kier alpha value is -4.59. The monoisotopic (exact) mass is 524 g/mol. The zero-order valence-electron chi connectivity index (χ0n) is 22.1. The van der Waals surface area contributed by atoms with Crippen molar-refractivity contribution in [1.29, 1.82) is 0 Å². The molecule has 1 aromatic heterocycles. The van der Waals surface area contributed by atoms with E-state index in [0.29, 0.717) is 41.4 Å². The maximum Gasteiger partial charge on any atom is 0.342 e. The van der Waals surface area contributed by atoms with Crippen molar-refractivity contribution in [3.8, 4) is 22.8 Å². The van der Waals surface area contributed by atoms with Crippen LogP contribution in [0.15, 0.2) is 72.8 Å². The van der Waals surface area contributed by atoms with Gasteiger partial charge in [-0.05, 0) is 74.7 Å². The van der Waals surface area contributed by atoms with Crippen LogP contribution >= 0.6 is 0 Å². The summed E-state index contributed by atoms with van der Waals surface area (Å²) in [6.07, 6.45) is 3.11.